The summed E-state index contributed by atoms with van der Waals surface area (Å²) in [5.74, 6) is 1.54. The largest absolute Gasteiger partial charge is 0.364 e. The van der Waals surface area contributed by atoms with Gasteiger partial charge in [-0.1, -0.05) is 25.3 Å². The number of anilines is 2. The second kappa shape index (κ2) is 7.02. The third-order valence-electron chi connectivity index (χ3n) is 3.77. The van der Waals surface area contributed by atoms with Crippen LogP contribution in [-0.4, -0.2) is 21.0 Å². The molecular formula is C16H21N5. The van der Waals surface area contributed by atoms with Crippen molar-refractivity contribution < 1.29 is 0 Å². The highest BCUT2D eigenvalue weighted by molar-refractivity contribution is 5.40. The van der Waals surface area contributed by atoms with E-state index in [1.807, 2.05) is 24.3 Å². The normalized spacial score (nSPS) is 15.6. The Labute approximate surface area is 125 Å². The lowest BCUT2D eigenvalue weighted by Gasteiger charge is -2.22. The Hall–Kier alpha value is -2.17. The van der Waals surface area contributed by atoms with E-state index in [4.69, 9.17) is 0 Å². The topological polar surface area (TPSA) is 62.7 Å². The average Bonchev–Trinajstić information content (AvgIpc) is 2.55. The van der Waals surface area contributed by atoms with Crippen LogP contribution in [0.3, 0.4) is 0 Å². The van der Waals surface area contributed by atoms with Gasteiger partial charge in [-0.15, -0.1) is 0 Å². The van der Waals surface area contributed by atoms with Crippen LogP contribution < -0.4 is 10.6 Å². The number of nitrogens with zero attached hydrogens (tertiary/aromatic N) is 3. The fourth-order valence-electron chi connectivity index (χ4n) is 2.64. The first-order valence-corrected chi connectivity index (χ1v) is 7.63. The number of rotatable bonds is 5. The van der Waals surface area contributed by atoms with E-state index in [1.165, 1.54) is 32.1 Å². The lowest BCUT2D eigenvalue weighted by atomic mass is 9.96. The fraction of sp³-hybridized carbons (Fsp3) is 0.438. The smallest absolute Gasteiger partial charge is 0.224 e. The summed E-state index contributed by atoms with van der Waals surface area (Å²) in [6.45, 7) is 0.667. The second-order valence-electron chi connectivity index (χ2n) is 5.42. The van der Waals surface area contributed by atoms with Gasteiger partial charge in [-0.3, -0.25) is 4.98 Å². The minimum atomic E-state index is 0.518. The third kappa shape index (κ3) is 4.15. The summed E-state index contributed by atoms with van der Waals surface area (Å²) in [6, 6.07) is 8.30. The molecule has 110 valence electrons. The molecule has 1 saturated carbocycles. The molecule has 0 saturated heterocycles. The fourth-order valence-corrected chi connectivity index (χ4v) is 2.64. The molecule has 2 aromatic rings. The maximum Gasteiger partial charge on any atom is 0.224 e. The molecule has 0 spiro atoms. The average molecular weight is 283 g/mol. The van der Waals surface area contributed by atoms with Crippen LogP contribution in [-0.2, 0) is 6.54 Å². The number of pyridine rings is 1. The van der Waals surface area contributed by atoms with Gasteiger partial charge in [0.05, 0.1) is 12.2 Å². The van der Waals surface area contributed by atoms with Gasteiger partial charge in [0.25, 0.3) is 0 Å². The Balaban J connectivity index is 1.57. The molecule has 0 aliphatic heterocycles. The van der Waals surface area contributed by atoms with Gasteiger partial charge in [0.2, 0.25) is 5.95 Å². The van der Waals surface area contributed by atoms with Crippen molar-refractivity contribution in [2.75, 3.05) is 10.6 Å². The van der Waals surface area contributed by atoms with Crippen molar-refractivity contribution in [1.82, 2.24) is 15.0 Å². The van der Waals surface area contributed by atoms with Gasteiger partial charge in [0.1, 0.15) is 5.82 Å². The molecule has 2 aromatic heterocycles. The predicted molar refractivity (Wildman–Crippen MR) is 84.1 cm³/mol. The molecule has 2 heterocycles. The van der Waals surface area contributed by atoms with Gasteiger partial charge < -0.3 is 10.6 Å². The van der Waals surface area contributed by atoms with E-state index in [9.17, 15) is 0 Å². The van der Waals surface area contributed by atoms with E-state index in [2.05, 4.69) is 25.6 Å². The maximum atomic E-state index is 4.52. The highest BCUT2D eigenvalue weighted by Gasteiger charge is 2.14. The number of hydrogen-bond donors (Lipinski definition) is 2. The van der Waals surface area contributed by atoms with Crippen molar-refractivity contribution in [3.63, 3.8) is 0 Å². The molecule has 3 rings (SSSR count). The van der Waals surface area contributed by atoms with Crippen molar-refractivity contribution in [1.29, 1.82) is 0 Å². The van der Waals surface area contributed by atoms with Crippen molar-refractivity contribution in [3.05, 3.63) is 42.4 Å². The lowest BCUT2D eigenvalue weighted by molar-refractivity contribution is 0.461. The van der Waals surface area contributed by atoms with E-state index in [0.29, 0.717) is 18.5 Å². The molecule has 0 atom stereocenters. The molecule has 2 N–H and O–H groups in total. The minimum Gasteiger partial charge on any atom is -0.364 e. The first-order chi connectivity index (χ1) is 10.4. The number of aromatic nitrogens is 3. The Morgan fingerprint density at radius 2 is 1.90 bits per heavy atom. The Morgan fingerprint density at radius 1 is 1.00 bits per heavy atom. The molecule has 0 amide bonds. The summed E-state index contributed by atoms with van der Waals surface area (Å²) >= 11 is 0. The molecule has 21 heavy (non-hydrogen) atoms. The lowest BCUT2D eigenvalue weighted by Crippen LogP contribution is -2.23. The SMILES string of the molecule is c1ccc(CNc2ccnc(NC3CCCCC3)n2)nc1. The molecule has 5 heteroatoms. The van der Waals surface area contributed by atoms with Crippen LogP contribution in [0.1, 0.15) is 37.8 Å². The van der Waals surface area contributed by atoms with Crippen LogP contribution >= 0.6 is 0 Å². The highest BCUT2D eigenvalue weighted by atomic mass is 15.1. The van der Waals surface area contributed by atoms with E-state index in [0.717, 1.165) is 11.5 Å². The zero-order valence-corrected chi connectivity index (χ0v) is 12.1. The van der Waals surface area contributed by atoms with E-state index >= 15 is 0 Å². The van der Waals surface area contributed by atoms with Crippen LogP contribution in [0, 0.1) is 0 Å². The van der Waals surface area contributed by atoms with Crippen LogP contribution in [0.2, 0.25) is 0 Å². The molecule has 1 aliphatic carbocycles. The molecule has 0 unspecified atom stereocenters. The van der Waals surface area contributed by atoms with Crippen LogP contribution in [0.4, 0.5) is 11.8 Å². The van der Waals surface area contributed by atoms with Crippen LogP contribution in [0.5, 0.6) is 0 Å². The highest BCUT2D eigenvalue weighted by Crippen LogP contribution is 2.20. The number of hydrogen-bond acceptors (Lipinski definition) is 5. The Bertz CT molecular complexity index is 552. The second-order valence-corrected chi connectivity index (χ2v) is 5.42. The summed E-state index contributed by atoms with van der Waals surface area (Å²) in [5.41, 5.74) is 0.998. The Kier molecular flexibility index (Phi) is 4.61. The molecular weight excluding hydrogens is 262 g/mol. The molecule has 0 aromatic carbocycles. The third-order valence-corrected chi connectivity index (χ3v) is 3.77. The van der Waals surface area contributed by atoms with Crippen molar-refractivity contribution in [3.8, 4) is 0 Å². The summed E-state index contributed by atoms with van der Waals surface area (Å²) in [4.78, 5) is 13.1. The zero-order valence-electron chi connectivity index (χ0n) is 12.1. The minimum absolute atomic E-state index is 0.518. The summed E-state index contributed by atoms with van der Waals surface area (Å²) in [6.07, 6.45) is 9.98. The van der Waals surface area contributed by atoms with Gasteiger partial charge in [-0.2, -0.15) is 4.98 Å². The van der Waals surface area contributed by atoms with Gasteiger partial charge in [0, 0.05) is 18.4 Å². The maximum absolute atomic E-state index is 4.52. The van der Waals surface area contributed by atoms with Crippen molar-refractivity contribution in [2.45, 2.75) is 44.7 Å². The van der Waals surface area contributed by atoms with Gasteiger partial charge in [-0.25, -0.2) is 4.98 Å². The van der Waals surface area contributed by atoms with Crippen LogP contribution in [0.25, 0.3) is 0 Å². The first kappa shape index (κ1) is 13.8. The predicted octanol–water partition coefficient (Wildman–Crippen LogP) is 3.23. The molecule has 0 bridgehead atoms. The van der Waals surface area contributed by atoms with Gasteiger partial charge in [0.15, 0.2) is 0 Å². The number of nitrogens with one attached hydrogen (secondary N) is 2. The summed E-state index contributed by atoms with van der Waals surface area (Å²) in [7, 11) is 0. The van der Waals surface area contributed by atoms with E-state index < -0.39 is 0 Å². The van der Waals surface area contributed by atoms with E-state index in [-0.39, 0.29) is 0 Å². The van der Waals surface area contributed by atoms with Crippen LogP contribution in [0.15, 0.2) is 36.7 Å². The Morgan fingerprint density at radius 3 is 2.71 bits per heavy atom. The summed E-state index contributed by atoms with van der Waals surface area (Å²) < 4.78 is 0. The molecule has 1 aliphatic rings. The van der Waals surface area contributed by atoms with Gasteiger partial charge in [-0.05, 0) is 31.0 Å². The van der Waals surface area contributed by atoms with E-state index in [1.54, 1.807) is 12.4 Å². The standard InChI is InChI=1S/C16H21N5/c1-2-6-13(7-3-1)20-16-18-11-9-15(21-16)19-12-14-8-4-5-10-17-14/h4-5,8-11,13H,1-3,6-7,12H2,(H2,18,19,20,21). The van der Waals surface area contributed by atoms with Gasteiger partial charge >= 0.3 is 0 Å². The van der Waals surface area contributed by atoms with Crippen molar-refractivity contribution in [2.24, 2.45) is 0 Å². The quantitative estimate of drug-likeness (QED) is 0.882. The summed E-state index contributed by atoms with van der Waals surface area (Å²) in [5, 5.41) is 6.73. The van der Waals surface area contributed by atoms with Crippen molar-refractivity contribution >= 4 is 11.8 Å². The molecule has 5 nitrogen and oxygen atoms in total. The first-order valence-electron chi connectivity index (χ1n) is 7.63. The monoisotopic (exact) mass is 283 g/mol. The molecule has 1 fully saturated rings. The molecule has 0 radical (unpaired) electrons. The zero-order chi connectivity index (χ0) is 14.3.